The highest BCUT2D eigenvalue weighted by Gasteiger charge is 2.29. The molecule has 0 heterocycles. The van der Waals surface area contributed by atoms with Crippen molar-refractivity contribution >= 4 is 23.5 Å². The number of nitrogens with one attached hydrogen (secondary N) is 2. The molecule has 0 saturated carbocycles. The molecule has 2 aromatic rings. The van der Waals surface area contributed by atoms with Gasteiger partial charge in [0.15, 0.2) is 6.10 Å². The number of rotatable bonds is 7. The molecule has 2 rings (SSSR count). The summed E-state index contributed by atoms with van der Waals surface area (Å²) in [4.78, 5) is 37.2. The first-order valence-corrected chi connectivity index (χ1v) is 9.29. The lowest BCUT2D eigenvalue weighted by Gasteiger charge is -2.23. The van der Waals surface area contributed by atoms with Gasteiger partial charge in [-0.3, -0.25) is 9.59 Å². The number of esters is 1. The average Bonchev–Trinajstić information content (AvgIpc) is 2.71. The first-order valence-electron chi connectivity index (χ1n) is 9.29. The predicted molar refractivity (Wildman–Crippen MR) is 108 cm³/mol. The highest BCUT2D eigenvalue weighted by atomic mass is 19.1. The van der Waals surface area contributed by atoms with Crippen molar-refractivity contribution in [1.82, 2.24) is 5.32 Å². The van der Waals surface area contributed by atoms with Crippen LogP contribution in [0.5, 0.6) is 0 Å². The Labute approximate surface area is 173 Å². The van der Waals surface area contributed by atoms with Crippen LogP contribution in [0.2, 0.25) is 0 Å². The van der Waals surface area contributed by atoms with Gasteiger partial charge in [0, 0.05) is 5.69 Å². The molecule has 0 spiro atoms. The normalized spacial score (nSPS) is 12.4. The molecule has 2 N–H and O–H groups in total. The first kappa shape index (κ1) is 22.6. The second-order valence-electron chi connectivity index (χ2n) is 6.94. The summed E-state index contributed by atoms with van der Waals surface area (Å²) >= 11 is 0. The van der Waals surface area contributed by atoms with Gasteiger partial charge in [0.25, 0.3) is 11.8 Å². The smallest absolute Gasteiger partial charge is 0.329 e. The fourth-order valence-corrected chi connectivity index (χ4v) is 2.57. The van der Waals surface area contributed by atoms with Crippen LogP contribution in [0.4, 0.5) is 10.1 Å². The summed E-state index contributed by atoms with van der Waals surface area (Å²) < 4.78 is 19.0. The van der Waals surface area contributed by atoms with Crippen molar-refractivity contribution in [2.45, 2.75) is 32.9 Å². The van der Waals surface area contributed by atoms with Gasteiger partial charge in [-0.2, -0.15) is 5.26 Å². The van der Waals surface area contributed by atoms with Crippen molar-refractivity contribution in [3.63, 3.8) is 0 Å². The highest BCUT2D eigenvalue weighted by Crippen LogP contribution is 2.13. The molecule has 2 atom stereocenters. The SMILES string of the molecule is CC(C)[C@H](NC(=O)c1ccccc1F)C(=O)O[C@H](C)C(=O)Nc1cccc(C#N)c1. The first-order chi connectivity index (χ1) is 14.2. The molecule has 8 heteroatoms. The third-order valence-electron chi connectivity index (χ3n) is 4.25. The number of anilines is 1. The number of nitriles is 1. The molecular weight excluding hydrogens is 389 g/mol. The monoisotopic (exact) mass is 411 g/mol. The Kier molecular flexibility index (Phi) is 7.64. The van der Waals surface area contributed by atoms with Crippen LogP contribution < -0.4 is 10.6 Å². The van der Waals surface area contributed by atoms with E-state index in [2.05, 4.69) is 10.6 Å². The molecule has 7 nitrogen and oxygen atoms in total. The van der Waals surface area contributed by atoms with E-state index in [9.17, 15) is 18.8 Å². The zero-order chi connectivity index (χ0) is 22.3. The fourth-order valence-electron chi connectivity index (χ4n) is 2.57. The summed E-state index contributed by atoms with van der Waals surface area (Å²) in [5.74, 6) is -3.24. The molecule has 0 aliphatic heterocycles. The summed E-state index contributed by atoms with van der Waals surface area (Å²) in [6, 6.07) is 12.6. The summed E-state index contributed by atoms with van der Waals surface area (Å²) in [5.41, 5.74) is 0.558. The Bertz CT molecular complexity index is 984. The predicted octanol–water partition coefficient (Wildman–Crippen LogP) is 3.02. The lowest BCUT2D eigenvalue weighted by Crippen LogP contribution is -2.47. The Hall–Kier alpha value is -3.73. The third-order valence-corrected chi connectivity index (χ3v) is 4.25. The molecule has 0 radical (unpaired) electrons. The van der Waals surface area contributed by atoms with Gasteiger partial charge in [-0.1, -0.05) is 32.0 Å². The Morgan fingerprint density at radius 2 is 1.77 bits per heavy atom. The minimum absolute atomic E-state index is 0.195. The van der Waals surface area contributed by atoms with Crippen LogP contribution in [-0.4, -0.2) is 29.9 Å². The van der Waals surface area contributed by atoms with E-state index in [1.54, 1.807) is 32.0 Å². The number of amides is 2. The van der Waals surface area contributed by atoms with E-state index in [0.29, 0.717) is 11.3 Å². The van der Waals surface area contributed by atoms with Gasteiger partial charge in [-0.05, 0) is 43.2 Å². The summed E-state index contributed by atoms with van der Waals surface area (Å²) in [5, 5.41) is 13.9. The van der Waals surface area contributed by atoms with Crippen LogP contribution in [0.25, 0.3) is 0 Å². The largest absolute Gasteiger partial charge is 0.451 e. The standard InChI is InChI=1S/C22H22FN3O4/c1-13(2)19(26-21(28)17-9-4-5-10-18(17)23)22(29)30-14(3)20(27)25-16-8-6-7-15(11-16)12-24/h4-11,13-14,19H,1-3H3,(H,25,27)(H,26,28)/t14-,19+/m1/s1. The minimum atomic E-state index is -1.16. The van der Waals surface area contributed by atoms with Crippen LogP contribution in [0, 0.1) is 23.1 Å². The minimum Gasteiger partial charge on any atom is -0.451 e. The van der Waals surface area contributed by atoms with E-state index in [1.807, 2.05) is 6.07 Å². The molecule has 2 amide bonds. The number of halogens is 1. The Morgan fingerprint density at radius 1 is 1.07 bits per heavy atom. The quantitative estimate of drug-likeness (QED) is 0.681. The van der Waals surface area contributed by atoms with E-state index < -0.39 is 35.7 Å². The van der Waals surface area contributed by atoms with Gasteiger partial charge in [-0.15, -0.1) is 0 Å². The maximum atomic E-state index is 13.8. The van der Waals surface area contributed by atoms with Gasteiger partial charge < -0.3 is 15.4 Å². The molecule has 0 bridgehead atoms. The van der Waals surface area contributed by atoms with Crippen molar-refractivity contribution in [2.75, 3.05) is 5.32 Å². The van der Waals surface area contributed by atoms with E-state index in [1.165, 1.54) is 31.2 Å². The number of hydrogen-bond donors (Lipinski definition) is 2. The number of nitrogens with zero attached hydrogens (tertiary/aromatic N) is 1. The van der Waals surface area contributed by atoms with E-state index in [-0.39, 0.29) is 11.5 Å². The molecule has 0 aliphatic carbocycles. The third kappa shape index (κ3) is 5.88. The number of carbonyl (C=O) groups is 3. The zero-order valence-corrected chi connectivity index (χ0v) is 16.8. The number of ether oxygens (including phenoxy) is 1. The molecule has 2 aromatic carbocycles. The molecule has 0 saturated heterocycles. The second-order valence-corrected chi connectivity index (χ2v) is 6.94. The fraction of sp³-hybridized carbons (Fsp3) is 0.273. The second kappa shape index (κ2) is 10.2. The summed E-state index contributed by atoms with van der Waals surface area (Å²) in [6.45, 7) is 4.76. The van der Waals surface area contributed by atoms with E-state index in [0.717, 1.165) is 6.07 Å². The van der Waals surface area contributed by atoms with Crippen LogP contribution in [0.1, 0.15) is 36.7 Å². The van der Waals surface area contributed by atoms with E-state index >= 15 is 0 Å². The Balaban J connectivity index is 2.03. The van der Waals surface area contributed by atoms with Gasteiger partial charge in [0.1, 0.15) is 11.9 Å². The van der Waals surface area contributed by atoms with Gasteiger partial charge >= 0.3 is 5.97 Å². The molecule has 0 unspecified atom stereocenters. The maximum Gasteiger partial charge on any atom is 0.329 e. The number of hydrogen-bond acceptors (Lipinski definition) is 5. The topological polar surface area (TPSA) is 108 Å². The van der Waals surface area contributed by atoms with Crippen molar-refractivity contribution < 1.29 is 23.5 Å². The van der Waals surface area contributed by atoms with Crippen molar-refractivity contribution in [3.8, 4) is 6.07 Å². The molecule has 0 aromatic heterocycles. The van der Waals surface area contributed by atoms with Crippen LogP contribution in [0.3, 0.4) is 0 Å². The molecule has 0 fully saturated rings. The van der Waals surface area contributed by atoms with Crippen LogP contribution >= 0.6 is 0 Å². The van der Waals surface area contributed by atoms with Gasteiger partial charge in [-0.25, -0.2) is 9.18 Å². The summed E-state index contributed by atoms with van der Waals surface area (Å²) in [6.07, 6.45) is -1.16. The maximum absolute atomic E-state index is 13.8. The van der Waals surface area contributed by atoms with Gasteiger partial charge in [0.2, 0.25) is 0 Å². The highest BCUT2D eigenvalue weighted by molar-refractivity contribution is 5.98. The lowest BCUT2D eigenvalue weighted by molar-refractivity contribution is -0.156. The lowest BCUT2D eigenvalue weighted by atomic mass is 10.0. The zero-order valence-electron chi connectivity index (χ0n) is 16.8. The van der Waals surface area contributed by atoms with Crippen molar-refractivity contribution in [1.29, 1.82) is 5.26 Å². The molecule has 0 aliphatic rings. The van der Waals surface area contributed by atoms with Crippen LogP contribution in [-0.2, 0) is 14.3 Å². The number of benzene rings is 2. The van der Waals surface area contributed by atoms with E-state index in [4.69, 9.17) is 10.00 Å². The average molecular weight is 411 g/mol. The molecule has 30 heavy (non-hydrogen) atoms. The summed E-state index contributed by atoms with van der Waals surface area (Å²) in [7, 11) is 0. The van der Waals surface area contributed by atoms with Crippen molar-refractivity contribution in [3.05, 3.63) is 65.5 Å². The van der Waals surface area contributed by atoms with Crippen LogP contribution in [0.15, 0.2) is 48.5 Å². The van der Waals surface area contributed by atoms with Crippen molar-refractivity contribution in [2.24, 2.45) is 5.92 Å². The molecule has 156 valence electrons. The number of carbonyl (C=O) groups excluding carboxylic acids is 3. The molecular formula is C22H22FN3O4. The van der Waals surface area contributed by atoms with Gasteiger partial charge in [0.05, 0.1) is 17.2 Å². The Morgan fingerprint density at radius 3 is 2.40 bits per heavy atom.